The van der Waals surface area contributed by atoms with Gasteiger partial charge in [-0.05, 0) is 19.3 Å². The molecular formula is C8H16O3. The van der Waals surface area contributed by atoms with Crippen molar-refractivity contribution in [2.75, 3.05) is 6.61 Å². The molecule has 0 aromatic carbocycles. The Morgan fingerprint density at radius 2 is 2.00 bits per heavy atom. The van der Waals surface area contributed by atoms with Crippen molar-refractivity contribution in [3.63, 3.8) is 0 Å². The number of carbonyl (C=O) groups is 1. The summed E-state index contributed by atoms with van der Waals surface area (Å²) in [7, 11) is 0. The number of carboxylic acids is 1. The Morgan fingerprint density at radius 3 is 2.09 bits per heavy atom. The van der Waals surface area contributed by atoms with Crippen LogP contribution in [-0.2, 0) is 4.79 Å². The van der Waals surface area contributed by atoms with E-state index in [1.54, 1.807) is 6.92 Å². The zero-order valence-corrected chi connectivity index (χ0v) is 7.29. The highest BCUT2D eigenvalue weighted by Crippen LogP contribution is 2.30. The minimum absolute atomic E-state index is 0.0483. The van der Waals surface area contributed by atoms with Gasteiger partial charge in [-0.2, -0.15) is 0 Å². The molecule has 0 aliphatic rings. The second-order valence-corrected chi connectivity index (χ2v) is 3.35. The molecule has 0 spiro atoms. The van der Waals surface area contributed by atoms with Crippen molar-refractivity contribution in [2.45, 2.75) is 27.2 Å². The normalized spacial score (nSPS) is 16.5. The van der Waals surface area contributed by atoms with Gasteiger partial charge in [0.25, 0.3) is 0 Å². The molecule has 1 unspecified atom stereocenters. The topological polar surface area (TPSA) is 57.5 Å². The third kappa shape index (κ3) is 2.19. The molecule has 0 aromatic heterocycles. The van der Waals surface area contributed by atoms with Gasteiger partial charge in [-0.1, -0.05) is 13.8 Å². The summed E-state index contributed by atoms with van der Waals surface area (Å²) in [6.07, 6.45) is 0.319. The summed E-state index contributed by atoms with van der Waals surface area (Å²) < 4.78 is 0. The second kappa shape index (κ2) is 3.72. The van der Waals surface area contributed by atoms with Crippen LogP contribution >= 0.6 is 0 Å². The molecule has 2 N–H and O–H groups in total. The van der Waals surface area contributed by atoms with Crippen molar-refractivity contribution < 1.29 is 15.0 Å². The summed E-state index contributed by atoms with van der Waals surface area (Å²) in [5.41, 5.74) is -0.783. The maximum atomic E-state index is 10.7. The number of hydrogen-bond donors (Lipinski definition) is 2. The number of aliphatic hydroxyl groups is 1. The summed E-state index contributed by atoms with van der Waals surface area (Å²) in [6.45, 7) is 5.30. The van der Waals surface area contributed by atoms with Gasteiger partial charge in [0.2, 0.25) is 0 Å². The van der Waals surface area contributed by atoms with Crippen LogP contribution in [0.1, 0.15) is 27.2 Å². The van der Waals surface area contributed by atoms with E-state index in [4.69, 9.17) is 10.2 Å². The van der Waals surface area contributed by atoms with E-state index in [0.717, 1.165) is 0 Å². The number of aliphatic carboxylic acids is 1. The third-order valence-electron chi connectivity index (χ3n) is 2.39. The number of hydrogen-bond acceptors (Lipinski definition) is 2. The Kier molecular flexibility index (Phi) is 3.52. The van der Waals surface area contributed by atoms with Crippen molar-refractivity contribution in [3.05, 3.63) is 0 Å². The Hall–Kier alpha value is -0.570. The van der Waals surface area contributed by atoms with Crippen LogP contribution in [0.25, 0.3) is 0 Å². The Balaban J connectivity index is 4.38. The highest BCUT2D eigenvalue weighted by molar-refractivity contribution is 5.74. The fourth-order valence-corrected chi connectivity index (χ4v) is 0.875. The molecule has 3 nitrogen and oxygen atoms in total. The van der Waals surface area contributed by atoms with Crippen molar-refractivity contribution in [1.29, 1.82) is 0 Å². The van der Waals surface area contributed by atoms with E-state index in [2.05, 4.69) is 0 Å². The maximum absolute atomic E-state index is 10.7. The number of rotatable bonds is 4. The smallest absolute Gasteiger partial charge is 0.309 e. The van der Waals surface area contributed by atoms with Crippen molar-refractivity contribution in [2.24, 2.45) is 11.3 Å². The Labute approximate surface area is 67.0 Å². The summed E-state index contributed by atoms with van der Waals surface area (Å²) >= 11 is 0. The predicted molar refractivity (Wildman–Crippen MR) is 42.3 cm³/mol. The molecule has 1 atom stereocenters. The quantitative estimate of drug-likeness (QED) is 0.647. The van der Waals surface area contributed by atoms with Gasteiger partial charge in [0, 0.05) is 6.61 Å². The fourth-order valence-electron chi connectivity index (χ4n) is 0.875. The molecule has 0 saturated heterocycles. The van der Waals surface area contributed by atoms with Gasteiger partial charge in [-0.3, -0.25) is 4.79 Å². The summed E-state index contributed by atoms with van der Waals surface area (Å²) in [6, 6.07) is 0. The zero-order chi connectivity index (χ0) is 9.07. The molecule has 66 valence electrons. The highest BCUT2D eigenvalue weighted by Gasteiger charge is 2.35. The Bertz CT molecular complexity index is 142. The summed E-state index contributed by atoms with van der Waals surface area (Å²) in [5.74, 6) is -0.784. The number of carboxylic acid groups (broad SMARTS) is 1. The lowest BCUT2D eigenvalue weighted by molar-refractivity contribution is -0.151. The van der Waals surface area contributed by atoms with E-state index < -0.39 is 11.4 Å². The van der Waals surface area contributed by atoms with Crippen LogP contribution in [0, 0.1) is 11.3 Å². The average molecular weight is 160 g/mol. The van der Waals surface area contributed by atoms with Crippen LogP contribution in [0.4, 0.5) is 0 Å². The van der Waals surface area contributed by atoms with Crippen LogP contribution in [0.15, 0.2) is 0 Å². The molecule has 0 fully saturated rings. The van der Waals surface area contributed by atoms with Gasteiger partial charge in [-0.25, -0.2) is 0 Å². The summed E-state index contributed by atoms with van der Waals surface area (Å²) in [5, 5.41) is 17.5. The van der Waals surface area contributed by atoms with E-state index in [1.165, 1.54) is 0 Å². The lowest BCUT2D eigenvalue weighted by atomic mass is 9.77. The second-order valence-electron chi connectivity index (χ2n) is 3.35. The van der Waals surface area contributed by atoms with Gasteiger partial charge in [-0.15, -0.1) is 0 Å². The van der Waals surface area contributed by atoms with Gasteiger partial charge >= 0.3 is 5.97 Å². The minimum Gasteiger partial charge on any atom is -0.481 e. The fraction of sp³-hybridized carbons (Fsp3) is 0.875. The molecule has 0 saturated carbocycles. The molecule has 0 amide bonds. The van der Waals surface area contributed by atoms with Crippen LogP contribution < -0.4 is 0 Å². The predicted octanol–water partition coefficient (Wildman–Crippen LogP) is 1.12. The molecule has 0 heterocycles. The van der Waals surface area contributed by atoms with Gasteiger partial charge in [0.05, 0.1) is 5.41 Å². The molecule has 0 radical (unpaired) electrons. The maximum Gasteiger partial charge on any atom is 0.309 e. The van der Waals surface area contributed by atoms with Gasteiger partial charge in [0.15, 0.2) is 0 Å². The van der Waals surface area contributed by atoms with Crippen LogP contribution in [0.3, 0.4) is 0 Å². The van der Waals surface area contributed by atoms with Crippen molar-refractivity contribution in [1.82, 2.24) is 0 Å². The first-order chi connectivity index (χ1) is 4.95. The average Bonchev–Trinajstić information content (AvgIpc) is 1.87. The standard InChI is InChI=1S/C8H16O3/c1-6(2)8(3,4-5-9)7(10)11/h6,9H,4-5H2,1-3H3,(H,10,11). The van der Waals surface area contributed by atoms with Crippen LogP contribution in [0.2, 0.25) is 0 Å². The van der Waals surface area contributed by atoms with Gasteiger partial charge < -0.3 is 10.2 Å². The largest absolute Gasteiger partial charge is 0.481 e. The van der Waals surface area contributed by atoms with E-state index >= 15 is 0 Å². The first-order valence-electron chi connectivity index (χ1n) is 3.79. The lowest BCUT2D eigenvalue weighted by Gasteiger charge is -2.27. The zero-order valence-electron chi connectivity index (χ0n) is 7.29. The molecule has 0 rings (SSSR count). The van der Waals surface area contributed by atoms with Crippen LogP contribution in [-0.4, -0.2) is 22.8 Å². The van der Waals surface area contributed by atoms with E-state index in [9.17, 15) is 4.79 Å². The summed E-state index contributed by atoms with van der Waals surface area (Å²) in [4.78, 5) is 10.7. The first-order valence-corrected chi connectivity index (χ1v) is 3.79. The van der Waals surface area contributed by atoms with Crippen molar-refractivity contribution >= 4 is 5.97 Å². The molecule has 0 aliphatic heterocycles. The SMILES string of the molecule is CC(C)C(C)(CCO)C(=O)O. The molecule has 11 heavy (non-hydrogen) atoms. The molecule has 3 heteroatoms. The molecular weight excluding hydrogens is 144 g/mol. The van der Waals surface area contributed by atoms with Gasteiger partial charge in [0.1, 0.15) is 0 Å². The third-order valence-corrected chi connectivity index (χ3v) is 2.39. The molecule has 0 aliphatic carbocycles. The lowest BCUT2D eigenvalue weighted by Crippen LogP contribution is -2.34. The van der Waals surface area contributed by atoms with E-state index in [0.29, 0.717) is 6.42 Å². The molecule has 0 aromatic rings. The highest BCUT2D eigenvalue weighted by atomic mass is 16.4. The van der Waals surface area contributed by atoms with E-state index in [1.807, 2.05) is 13.8 Å². The minimum atomic E-state index is -0.832. The first kappa shape index (κ1) is 10.4. The van der Waals surface area contributed by atoms with E-state index in [-0.39, 0.29) is 12.5 Å². The Morgan fingerprint density at radius 1 is 1.55 bits per heavy atom. The number of aliphatic hydroxyl groups excluding tert-OH is 1. The molecule has 0 bridgehead atoms. The van der Waals surface area contributed by atoms with Crippen LogP contribution in [0.5, 0.6) is 0 Å². The monoisotopic (exact) mass is 160 g/mol. The van der Waals surface area contributed by atoms with Crippen molar-refractivity contribution in [3.8, 4) is 0 Å².